The second-order valence-electron chi connectivity index (χ2n) is 14.3. The smallest absolute Gasteiger partial charge is 0.306 e. The van der Waals surface area contributed by atoms with Crippen molar-refractivity contribution in [3.8, 4) is 16.2 Å². The Morgan fingerprint density at radius 1 is 1.08 bits per heavy atom. The molecule has 2 saturated heterocycles. The molecular weight excluding hydrogens is 677 g/mol. The van der Waals surface area contributed by atoms with Crippen molar-refractivity contribution in [3.05, 3.63) is 46.3 Å². The molecule has 4 bridgehead atoms. The summed E-state index contributed by atoms with van der Waals surface area (Å²) in [6, 6.07) is 9.47. The molecule has 0 amide bonds. The predicted octanol–water partition coefficient (Wildman–Crippen LogP) is 5.06. The number of carbonyl (C=O) groups excluding carboxylic acids is 4. The molecule has 6 fully saturated rings. The van der Waals surface area contributed by atoms with Crippen LogP contribution in [-0.4, -0.2) is 71.5 Å². The number of esters is 2. The van der Waals surface area contributed by atoms with Gasteiger partial charge in [-0.15, -0.1) is 0 Å². The fraction of sp³-hybridized carbons (Fsp3) is 0.571. The lowest BCUT2D eigenvalue weighted by atomic mass is 9.36. The van der Waals surface area contributed by atoms with E-state index in [0.29, 0.717) is 25.0 Å². The number of fused-ring (bicyclic) bond motifs is 2. The van der Waals surface area contributed by atoms with E-state index in [9.17, 15) is 29.4 Å². The Morgan fingerprint density at radius 2 is 1.81 bits per heavy atom. The van der Waals surface area contributed by atoms with Gasteiger partial charge in [0.25, 0.3) is 0 Å². The van der Waals surface area contributed by atoms with Crippen molar-refractivity contribution in [1.82, 2.24) is 0 Å². The van der Waals surface area contributed by atoms with Crippen LogP contribution in [0, 0.1) is 37.8 Å². The maximum absolute atomic E-state index is 14.2. The molecule has 0 unspecified atom stereocenters. The SMILES string of the molecule is C=C1C(=O)[C@]23[C@H](OC(=O)CCC(=O)OCCOc4ccc(-c5cc(=S)ss5)cc4)[C@H]1CC[C@H]2[C@@]12CO[C@@]3(O)[C@@H](O)[C@@H]1C(C)(C)CCC2=O. The Balaban J connectivity index is 0.992. The van der Waals surface area contributed by atoms with E-state index in [0.717, 1.165) is 14.3 Å². The number of Topliss-reactive ketones (excluding diaryl/α,β-unsaturated/α-hetero) is 2. The highest BCUT2D eigenvalue weighted by molar-refractivity contribution is 7.80. The van der Waals surface area contributed by atoms with Crippen LogP contribution in [0.15, 0.2) is 42.5 Å². The zero-order valence-corrected chi connectivity index (χ0v) is 29.2. The fourth-order valence-electron chi connectivity index (χ4n) is 9.64. The van der Waals surface area contributed by atoms with Crippen molar-refractivity contribution >= 4 is 56.4 Å². The Hall–Kier alpha value is -2.81. The van der Waals surface area contributed by atoms with E-state index in [1.807, 2.05) is 44.2 Å². The standard InChI is InChI=1S/C35H38O10S3/c1-18-21-8-9-23-33-17-44-35(41,30(40)28(33)32(2,3)13-12-24(33)36)34(23,29(18)39)31(21)45-26(38)11-10-25(37)43-15-14-42-20-6-4-19(5-7-20)22-16-27(46)48-47-22/h4-7,16,21,23,28,30-31,40-41H,1,8-15,17H2,2-3H3/t21-,23-,28+,30-,31+,33+,34-,35-/m0/s1. The minimum absolute atomic E-state index is 0.0265. The number of rotatable bonds is 9. The minimum atomic E-state index is -2.38. The van der Waals surface area contributed by atoms with Crippen molar-refractivity contribution in [2.45, 2.75) is 70.4 Å². The van der Waals surface area contributed by atoms with Crippen LogP contribution in [0.2, 0.25) is 0 Å². The van der Waals surface area contributed by atoms with Crippen LogP contribution < -0.4 is 4.74 Å². The van der Waals surface area contributed by atoms with E-state index in [1.54, 1.807) is 20.7 Å². The average molecular weight is 715 g/mol. The zero-order chi connectivity index (χ0) is 34.2. The maximum atomic E-state index is 14.2. The highest BCUT2D eigenvalue weighted by atomic mass is 32.9. The lowest BCUT2D eigenvalue weighted by molar-refractivity contribution is -0.437. The van der Waals surface area contributed by atoms with Gasteiger partial charge in [0, 0.05) is 23.1 Å². The molecule has 1 aromatic carbocycles. The van der Waals surface area contributed by atoms with Crippen molar-refractivity contribution in [2.75, 3.05) is 19.8 Å². The number of aliphatic hydroxyl groups is 2. The van der Waals surface area contributed by atoms with Crippen molar-refractivity contribution in [2.24, 2.45) is 34.0 Å². The van der Waals surface area contributed by atoms with E-state index in [1.165, 1.54) is 0 Å². The Morgan fingerprint density at radius 3 is 2.52 bits per heavy atom. The van der Waals surface area contributed by atoms with Crippen LogP contribution in [0.1, 0.15) is 52.4 Å². The molecule has 10 nitrogen and oxygen atoms in total. The number of carbonyl (C=O) groups is 4. The summed E-state index contributed by atoms with van der Waals surface area (Å²) >= 11 is 5.20. The molecule has 1 aromatic heterocycles. The Bertz CT molecular complexity index is 1740. The maximum Gasteiger partial charge on any atom is 0.306 e. The molecule has 48 heavy (non-hydrogen) atoms. The quantitative estimate of drug-likeness (QED) is 0.118. The summed E-state index contributed by atoms with van der Waals surface area (Å²) < 4.78 is 23.7. The van der Waals surface area contributed by atoms with Gasteiger partial charge in [0.1, 0.15) is 46.2 Å². The van der Waals surface area contributed by atoms with Gasteiger partial charge in [-0.2, -0.15) is 0 Å². The van der Waals surface area contributed by atoms with Gasteiger partial charge in [-0.05, 0) is 72.1 Å². The van der Waals surface area contributed by atoms with Crippen molar-refractivity contribution in [1.29, 1.82) is 0 Å². The van der Waals surface area contributed by atoms with Crippen molar-refractivity contribution in [3.63, 3.8) is 0 Å². The van der Waals surface area contributed by atoms with E-state index in [4.69, 9.17) is 31.2 Å². The second-order valence-corrected chi connectivity index (χ2v) is 17.2. The van der Waals surface area contributed by atoms with E-state index in [-0.39, 0.29) is 50.4 Å². The first kappa shape index (κ1) is 33.7. The summed E-state index contributed by atoms with van der Waals surface area (Å²) in [5.74, 6) is -5.74. The molecule has 8 atom stereocenters. The molecule has 0 radical (unpaired) electrons. The van der Waals surface area contributed by atoms with Crippen LogP contribution in [0.4, 0.5) is 0 Å². The third-order valence-corrected chi connectivity index (χ3v) is 14.5. The average Bonchev–Trinajstić information content (AvgIpc) is 3.54. The van der Waals surface area contributed by atoms with Gasteiger partial charge in [-0.1, -0.05) is 53.3 Å². The fourth-order valence-corrected chi connectivity index (χ4v) is 12.0. The van der Waals surface area contributed by atoms with Crippen LogP contribution in [0.3, 0.4) is 0 Å². The second kappa shape index (κ2) is 11.9. The lowest BCUT2D eigenvalue weighted by Crippen LogP contribution is -2.85. The third-order valence-electron chi connectivity index (χ3n) is 11.6. The molecule has 2 aromatic rings. The largest absolute Gasteiger partial charge is 0.490 e. The molecular formula is C35H38O10S3. The number of aliphatic hydroxyl groups excluding tert-OH is 1. The summed E-state index contributed by atoms with van der Waals surface area (Å²) in [4.78, 5) is 54.8. The van der Waals surface area contributed by atoms with Gasteiger partial charge in [0.05, 0.1) is 24.9 Å². The molecule has 4 saturated carbocycles. The first-order chi connectivity index (χ1) is 22.8. The molecule has 2 N–H and O–H groups in total. The molecule has 2 spiro atoms. The number of ether oxygens (including phenoxy) is 4. The van der Waals surface area contributed by atoms with Crippen LogP contribution in [0.25, 0.3) is 10.4 Å². The monoisotopic (exact) mass is 714 g/mol. The highest BCUT2D eigenvalue weighted by Gasteiger charge is 2.88. The van der Waals surface area contributed by atoms with Gasteiger partial charge in [-0.25, -0.2) is 0 Å². The molecule has 3 heterocycles. The van der Waals surface area contributed by atoms with Gasteiger partial charge < -0.3 is 29.2 Å². The number of hydrogen-bond donors (Lipinski definition) is 2. The summed E-state index contributed by atoms with van der Waals surface area (Å²) in [5, 5.41) is 24.0. The summed E-state index contributed by atoms with van der Waals surface area (Å²) in [6.45, 7) is 7.92. The number of hydrogen-bond acceptors (Lipinski definition) is 13. The molecule has 2 aliphatic heterocycles. The molecule has 6 aliphatic rings. The van der Waals surface area contributed by atoms with E-state index < -0.39 is 69.7 Å². The lowest BCUT2D eigenvalue weighted by Gasteiger charge is -2.72. The van der Waals surface area contributed by atoms with Crippen LogP contribution in [-0.2, 0) is 33.4 Å². The molecule has 256 valence electrons. The van der Waals surface area contributed by atoms with E-state index >= 15 is 0 Å². The summed E-state index contributed by atoms with van der Waals surface area (Å²) in [7, 11) is 3.16. The third kappa shape index (κ3) is 4.75. The number of benzene rings is 1. The summed E-state index contributed by atoms with van der Waals surface area (Å²) in [6.07, 6.45) is -1.72. The molecule has 4 aliphatic carbocycles. The van der Waals surface area contributed by atoms with Gasteiger partial charge >= 0.3 is 11.9 Å². The minimum Gasteiger partial charge on any atom is -0.490 e. The zero-order valence-electron chi connectivity index (χ0n) is 26.7. The van der Waals surface area contributed by atoms with Gasteiger partial charge in [0.15, 0.2) is 5.78 Å². The van der Waals surface area contributed by atoms with Crippen molar-refractivity contribution < 1.29 is 48.3 Å². The first-order valence-corrected chi connectivity index (χ1v) is 18.8. The highest BCUT2D eigenvalue weighted by Crippen LogP contribution is 2.76. The van der Waals surface area contributed by atoms with Gasteiger partial charge in [0.2, 0.25) is 5.79 Å². The first-order valence-electron chi connectivity index (χ1n) is 16.3. The Kier molecular flexibility index (Phi) is 8.36. The van der Waals surface area contributed by atoms with E-state index in [2.05, 4.69) is 6.58 Å². The van der Waals surface area contributed by atoms with Gasteiger partial charge in [-0.3, -0.25) is 19.2 Å². The molecule has 8 rings (SSSR count). The predicted molar refractivity (Wildman–Crippen MR) is 178 cm³/mol. The molecule has 13 heteroatoms. The topological polar surface area (TPSA) is 146 Å². The van der Waals surface area contributed by atoms with Crippen LogP contribution in [0.5, 0.6) is 5.75 Å². The summed E-state index contributed by atoms with van der Waals surface area (Å²) in [5.41, 5.74) is -2.38. The normalized spacial score (nSPS) is 35.9. The Labute approximate surface area is 290 Å². The van der Waals surface area contributed by atoms with Crippen LogP contribution >= 0.6 is 32.9 Å². The number of ketones is 2.